The summed E-state index contributed by atoms with van der Waals surface area (Å²) in [6, 6.07) is 12.1. The molecule has 0 amide bonds. The van der Waals surface area contributed by atoms with Gasteiger partial charge in [-0.3, -0.25) is 0 Å². The van der Waals surface area contributed by atoms with Crippen molar-refractivity contribution in [2.45, 2.75) is 24.9 Å². The van der Waals surface area contributed by atoms with Crippen LogP contribution in [0.4, 0.5) is 0 Å². The fraction of sp³-hybridized carbons (Fsp3) is 0.222. The maximum Gasteiger partial charge on any atom is 0.247 e. The smallest absolute Gasteiger partial charge is 0.247 e. The van der Waals surface area contributed by atoms with Crippen LogP contribution in [0.2, 0.25) is 0 Å². The topological polar surface area (TPSA) is 59.8 Å². The summed E-state index contributed by atoms with van der Waals surface area (Å²) in [7, 11) is -3.75. The van der Waals surface area contributed by atoms with Crippen LogP contribution in [0.3, 0.4) is 0 Å². The van der Waals surface area contributed by atoms with E-state index in [2.05, 4.69) is 0 Å². The van der Waals surface area contributed by atoms with Crippen molar-refractivity contribution >= 4 is 21.4 Å². The monoisotopic (exact) mass is 377 g/mol. The van der Waals surface area contributed by atoms with Gasteiger partial charge in [0, 0.05) is 6.54 Å². The molecule has 132 valence electrons. The zero-order chi connectivity index (χ0) is 17.7. The molecule has 7 heteroatoms. The number of benzene rings is 1. The van der Waals surface area contributed by atoms with Crippen LogP contribution >= 0.6 is 11.3 Å². The molecule has 0 aliphatic carbocycles. The molecule has 2 heterocycles. The van der Waals surface area contributed by atoms with Crippen molar-refractivity contribution in [2.24, 2.45) is 0 Å². The lowest BCUT2D eigenvalue weighted by Crippen LogP contribution is -2.30. The fourth-order valence-corrected chi connectivity index (χ4v) is 4.65. The number of hydrogen-bond acceptors (Lipinski definition) is 5. The maximum absolute atomic E-state index is 13.3. The van der Waals surface area contributed by atoms with Crippen molar-refractivity contribution in [3.63, 3.8) is 0 Å². The van der Waals surface area contributed by atoms with Gasteiger partial charge in [-0.05, 0) is 53.6 Å². The highest BCUT2D eigenvalue weighted by molar-refractivity contribution is 7.89. The predicted molar refractivity (Wildman–Crippen MR) is 97.1 cm³/mol. The van der Waals surface area contributed by atoms with E-state index in [-0.39, 0.29) is 18.0 Å². The van der Waals surface area contributed by atoms with Gasteiger partial charge in [-0.25, -0.2) is 8.42 Å². The number of ether oxygens (including phenoxy) is 1. The van der Waals surface area contributed by atoms with E-state index in [0.29, 0.717) is 18.1 Å². The summed E-state index contributed by atoms with van der Waals surface area (Å²) < 4.78 is 38.9. The van der Waals surface area contributed by atoms with E-state index < -0.39 is 10.0 Å². The molecule has 0 saturated heterocycles. The van der Waals surface area contributed by atoms with Gasteiger partial charge >= 0.3 is 0 Å². The number of furan rings is 1. The third-order valence-corrected chi connectivity index (χ3v) is 6.18. The summed E-state index contributed by atoms with van der Waals surface area (Å²) in [6.07, 6.45) is 1.54. The number of sulfonamides is 1. The number of thiophene rings is 1. The summed E-state index contributed by atoms with van der Waals surface area (Å²) in [6.45, 7) is 2.66. The van der Waals surface area contributed by atoms with E-state index in [4.69, 9.17) is 9.15 Å². The zero-order valence-corrected chi connectivity index (χ0v) is 15.4. The molecule has 0 saturated carbocycles. The Morgan fingerprint density at radius 3 is 2.64 bits per heavy atom. The van der Waals surface area contributed by atoms with E-state index in [1.165, 1.54) is 15.6 Å². The van der Waals surface area contributed by atoms with Gasteiger partial charge in [-0.1, -0.05) is 12.1 Å². The molecule has 3 rings (SSSR count). The van der Waals surface area contributed by atoms with Crippen LogP contribution in [-0.2, 0) is 23.1 Å². The van der Waals surface area contributed by atoms with Gasteiger partial charge < -0.3 is 9.15 Å². The summed E-state index contributed by atoms with van der Waals surface area (Å²) in [5.41, 5.74) is 0.939. The van der Waals surface area contributed by atoms with Crippen LogP contribution in [0.25, 0.3) is 0 Å². The van der Waals surface area contributed by atoms with Gasteiger partial charge in [0.15, 0.2) is 0 Å². The molecule has 0 radical (unpaired) electrons. The highest BCUT2D eigenvalue weighted by Gasteiger charge is 2.28. The van der Waals surface area contributed by atoms with Crippen LogP contribution in [-0.4, -0.2) is 19.3 Å². The molecule has 0 spiro atoms. The second-order valence-electron chi connectivity index (χ2n) is 5.36. The third kappa shape index (κ3) is 4.12. The lowest BCUT2D eigenvalue weighted by atomic mass is 10.3. The van der Waals surface area contributed by atoms with Gasteiger partial charge in [-0.2, -0.15) is 15.6 Å². The van der Waals surface area contributed by atoms with Crippen molar-refractivity contribution in [3.8, 4) is 5.75 Å². The first-order valence-corrected chi connectivity index (χ1v) is 10.2. The second-order valence-corrected chi connectivity index (χ2v) is 8.05. The Morgan fingerprint density at radius 2 is 1.96 bits per heavy atom. The number of nitrogens with zero attached hydrogens (tertiary/aromatic N) is 1. The highest BCUT2D eigenvalue weighted by Crippen LogP contribution is 2.29. The van der Waals surface area contributed by atoms with E-state index >= 15 is 0 Å². The number of para-hydroxylation sites is 1. The third-order valence-electron chi connectivity index (χ3n) is 3.62. The molecule has 0 aliphatic rings. The molecular weight excluding hydrogens is 358 g/mol. The Labute approximate surface area is 151 Å². The molecule has 25 heavy (non-hydrogen) atoms. The molecule has 0 bridgehead atoms. The fourth-order valence-electron chi connectivity index (χ4n) is 2.47. The Balaban J connectivity index is 1.98. The van der Waals surface area contributed by atoms with E-state index in [1.54, 1.807) is 42.7 Å². The molecule has 0 aliphatic heterocycles. The van der Waals surface area contributed by atoms with Crippen LogP contribution in [0.1, 0.15) is 18.2 Å². The average Bonchev–Trinajstić information content (AvgIpc) is 3.29. The Kier molecular flexibility index (Phi) is 5.57. The summed E-state index contributed by atoms with van der Waals surface area (Å²) in [4.78, 5) is 0.165. The average molecular weight is 377 g/mol. The molecule has 0 N–H and O–H groups in total. The molecule has 2 aromatic heterocycles. The molecule has 3 aromatic rings. The Morgan fingerprint density at radius 1 is 1.12 bits per heavy atom. The molecule has 0 fully saturated rings. The van der Waals surface area contributed by atoms with Crippen LogP contribution in [0, 0.1) is 0 Å². The first kappa shape index (κ1) is 17.7. The quantitative estimate of drug-likeness (QED) is 0.592. The van der Waals surface area contributed by atoms with Crippen LogP contribution in [0.5, 0.6) is 5.75 Å². The number of hydrogen-bond donors (Lipinski definition) is 0. The maximum atomic E-state index is 13.3. The van der Waals surface area contributed by atoms with Crippen molar-refractivity contribution in [3.05, 3.63) is 70.8 Å². The minimum Gasteiger partial charge on any atom is -0.492 e. The Bertz CT molecular complexity index is 851. The van der Waals surface area contributed by atoms with Crippen LogP contribution < -0.4 is 4.74 Å². The zero-order valence-electron chi connectivity index (χ0n) is 13.8. The highest BCUT2D eigenvalue weighted by atomic mass is 32.2. The predicted octanol–water partition coefficient (Wildman–Crippen LogP) is 4.13. The van der Waals surface area contributed by atoms with Crippen molar-refractivity contribution < 1.29 is 17.6 Å². The molecule has 0 unspecified atom stereocenters. The first-order chi connectivity index (χ1) is 12.1. The lowest BCUT2D eigenvalue weighted by molar-refractivity contribution is 0.325. The SMILES string of the molecule is CCOc1ccccc1S(=O)(=O)N(Cc1ccsc1)Cc1ccco1. The van der Waals surface area contributed by atoms with Gasteiger partial charge in [0.1, 0.15) is 16.4 Å². The number of rotatable bonds is 8. The minimum atomic E-state index is -3.75. The van der Waals surface area contributed by atoms with Gasteiger partial charge in [0.25, 0.3) is 0 Å². The van der Waals surface area contributed by atoms with Crippen molar-refractivity contribution in [2.75, 3.05) is 6.61 Å². The molecule has 1 aromatic carbocycles. The summed E-state index contributed by atoms with van der Waals surface area (Å²) in [5, 5.41) is 3.88. The summed E-state index contributed by atoms with van der Waals surface area (Å²) in [5.74, 6) is 0.951. The van der Waals surface area contributed by atoms with Crippen LogP contribution in [0.15, 0.2) is 68.8 Å². The van der Waals surface area contributed by atoms with E-state index in [9.17, 15) is 8.42 Å². The summed E-state index contributed by atoms with van der Waals surface area (Å²) >= 11 is 1.54. The van der Waals surface area contributed by atoms with Crippen molar-refractivity contribution in [1.29, 1.82) is 0 Å². The second kappa shape index (κ2) is 7.86. The normalized spacial score (nSPS) is 11.8. The van der Waals surface area contributed by atoms with Crippen molar-refractivity contribution in [1.82, 2.24) is 4.31 Å². The molecule has 0 atom stereocenters. The molecule has 5 nitrogen and oxygen atoms in total. The van der Waals surface area contributed by atoms with Gasteiger partial charge in [0.2, 0.25) is 10.0 Å². The standard InChI is InChI=1S/C18H19NO4S2/c1-2-22-17-7-3-4-8-18(17)25(20,21)19(12-15-9-11-24-14-15)13-16-6-5-10-23-16/h3-11,14H,2,12-13H2,1H3. The van der Waals surface area contributed by atoms with Gasteiger partial charge in [-0.15, -0.1) is 0 Å². The van der Waals surface area contributed by atoms with E-state index in [1.807, 2.05) is 23.8 Å². The Hall–Kier alpha value is -2.09. The molecular formula is C18H19NO4S2. The lowest BCUT2D eigenvalue weighted by Gasteiger charge is -2.22. The minimum absolute atomic E-state index is 0.158. The van der Waals surface area contributed by atoms with Gasteiger partial charge in [0.05, 0.1) is 19.4 Å². The first-order valence-electron chi connectivity index (χ1n) is 7.86. The van der Waals surface area contributed by atoms with E-state index in [0.717, 1.165) is 5.56 Å². The largest absolute Gasteiger partial charge is 0.492 e.